The molecule has 2 aromatic rings. The first kappa shape index (κ1) is 17.0. The molecular weight excluding hydrogens is 326 g/mol. The first-order valence-electron chi connectivity index (χ1n) is 8.01. The van der Waals surface area contributed by atoms with Crippen LogP contribution in [0.4, 0.5) is 0 Å². The molecule has 25 heavy (non-hydrogen) atoms. The molecule has 9 nitrogen and oxygen atoms in total. The van der Waals surface area contributed by atoms with Gasteiger partial charge in [0.1, 0.15) is 6.04 Å². The number of ether oxygens (including phenoxy) is 1. The summed E-state index contributed by atoms with van der Waals surface area (Å²) in [4.78, 5) is 26.4. The molecule has 0 aliphatic carbocycles. The first-order chi connectivity index (χ1) is 12.0. The Hall–Kier alpha value is -2.81. The second-order valence-corrected chi connectivity index (χ2v) is 5.85. The molecular formula is C16H19N5O4. The van der Waals surface area contributed by atoms with Crippen molar-refractivity contribution in [3.05, 3.63) is 30.3 Å². The third-order valence-electron chi connectivity index (χ3n) is 4.02. The van der Waals surface area contributed by atoms with Crippen molar-refractivity contribution in [1.29, 1.82) is 0 Å². The van der Waals surface area contributed by atoms with Gasteiger partial charge in [0.25, 0.3) is 0 Å². The van der Waals surface area contributed by atoms with Crippen molar-refractivity contribution >= 4 is 11.9 Å². The van der Waals surface area contributed by atoms with Gasteiger partial charge in [0.05, 0.1) is 19.1 Å². The number of nitrogens with zero attached hydrogens (tertiary/aromatic N) is 5. The molecule has 1 fully saturated rings. The van der Waals surface area contributed by atoms with E-state index in [-0.39, 0.29) is 18.9 Å². The van der Waals surface area contributed by atoms with Gasteiger partial charge >= 0.3 is 5.97 Å². The van der Waals surface area contributed by atoms with Gasteiger partial charge in [0, 0.05) is 18.7 Å². The third kappa shape index (κ3) is 4.00. The predicted molar refractivity (Wildman–Crippen MR) is 86.5 cm³/mol. The maximum absolute atomic E-state index is 12.7. The summed E-state index contributed by atoms with van der Waals surface area (Å²) in [7, 11) is 0. The number of amides is 1. The van der Waals surface area contributed by atoms with E-state index in [4.69, 9.17) is 9.84 Å². The predicted octanol–water partition coefficient (Wildman–Crippen LogP) is 0.603. The Balaban J connectivity index is 1.68. The second kappa shape index (κ2) is 7.39. The van der Waals surface area contributed by atoms with Gasteiger partial charge in [0.15, 0.2) is 0 Å². The Bertz CT molecular complexity index is 748. The Kier molecular flexibility index (Phi) is 5.03. The fraction of sp³-hybridized carbons (Fsp3) is 0.438. The number of benzene rings is 1. The van der Waals surface area contributed by atoms with Crippen LogP contribution < -0.4 is 0 Å². The molecule has 1 aromatic heterocycles. The van der Waals surface area contributed by atoms with Gasteiger partial charge in [-0.25, -0.2) is 0 Å². The average Bonchev–Trinajstić information content (AvgIpc) is 3.11. The molecule has 1 N–H and O–H groups in total. The first-order valence-corrected chi connectivity index (χ1v) is 8.01. The van der Waals surface area contributed by atoms with Crippen molar-refractivity contribution in [2.24, 2.45) is 0 Å². The molecule has 0 radical (unpaired) electrons. The highest BCUT2D eigenvalue weighted by Gasteiger charge is 2.30. The lowest BCUT2D eigenvalue weighted by molar-refractivity contribution is -0.149. The van der Waals surface area contributed by atoms with Crippen LogP contribution in [0.15, 0.2) is 30.3 Å². The zero-order chi connectivity index (χ0) is 17.8. The fourth-order valence-electron chi connectivity index (χ4n) is 2.69. The summed E-state index contributed by atoms with van der Waals surface area (Å²) >= 11 is 0. The summed E-state index contributed by atoms with van der Waals surface area (Å²) in [5.41, 5.74) is 0.821. The average molecular weight is 345 g/mol. The van der Waals surface area contributed by atoms with E-state index in [0.29, 0.717) is 19.0 Å². The number of carboxylic acids is 1. The second-order valence-electron chi connectivity index (χ2n) is 5.85. The van der Waals surface area contributed by atoms with Crippen molar-refractivity contribution < 1.29 is 19.4 Å². The van der Waals surface area contributed by atoms with E-state index in [1.54, 1.807) is 11.8 Å². The smallest absolute Gasteiger partial charge is 0.306 e. The van der Waals surface area contributed by atoms with Crippen molar-refractivity contribution in [3.8, 4) is 11.4 Å². The number of morpholine rings is 1. The van der Waals surface area contributed by atoms with Gasteiger partial charge in [-0.2, -0.15) is 4.80 Å². The van der Waals surface area contributed by atoms with E-state index in [2.05, 4.69) is 15.4 Å². The monoisotopic (exact) mass is 345 g/mol. The van der Waals surface area contributed by atoms with E-state index >= 15 is 0 Å². The molecule has 1 saturated heterocycles. The minimum Gasteiger partial charge on any atom is -0.481 e. The summed E-state index contributed by atoms with van der Waals surface area (Å²) in [5.74, 6) is -0.681. The number of aromatic nitrogens is 4. The van der Waals surface area contributed by atoms with E-state index in [1.807, 2.05) is 30.3 Å². The maximum Gasteiger partial charge on any atom is 0.306 e. The van der Waals surface area contributed by atoms with E-state index in [0.717, 1.165) is 5.56 Å². The van der Waals surface area contributed by atoms with Crippen LogP contribution in [0.2, 0.25) is 0 Å². The van der Waals surface area contributed by atoms with Crippen LogP contribution in [0.25, 0.3) is 11.4 Å². The summed E-state index contributed by atoms with van der Waals surface area (Å²) in [6.45, 7) is 2.67. The molecule has 2 atom stereocenters. The van der Waals surface area contributed by atoms with E-state index in [9.17, 15) is 9.59 Å². The lowest BCUT2D eigenvalue weighted by atomic mass is 10.2. The highest BCUT2D eigenvalue weighted by molar-refractivity contribution is 5.80. The van der Waals surface area contributed by atoms with E-state index < -0.39 is 18.1 Å². The lowest BCUT2D eigenvalue weighted by Crippen LogP contribution is -2.48. The summed E-state index contributed by atoms with van der Waals surface area (Å²) < 4.78 is 5.39. The van der Waals surface area contributed by atoms with Crippen molar-refractivity contribution in [3.63, 3.8) is 0 Å². The number of rotatable bonds is 5. The molecule has 1 aliphatic rings. The molecule has 2 heterocycles. The number of hydrogen-bond acceptors (Lipinski definition) is 6. The van der Waals surface area contributed by atoms with Gasteiger partial charge in [-0.3, -0.25) is 9.59 Å². The molecule has 0 bridgehead atoms. The molecule has 1 aliphatic heterocycles. The standard InChI is InChI=1S/C16H19N5O4/c1-11(16(24)20-7-8-25-13(10-20)9-14(22)23)21-18-15(17-19-21)12-5-3-2-4-6-12/h2-6,11,13H,7-10H2,1H3,(H,22,23)/t11-,13-/m1/s1. The van der Waals surface area contributed by atoms with Crippen LogP contribution in [0.1, 0.15) is 19.4 Å². The largest absolute Gasteiger partial charge is 0.481 e. The molecule has 0 spiro atoms. The Morgan fingerprint density at radius 1 is 1.36 bits per heavy atom. The van der Waals surface area contributed by atoms with Gasteiger partial charge in [-0.15, -0.1) is 10.2 Å². The summed E-state index contributed by atoms with van der Waals surface area (Å²) in [6, 6.07) is 8.75. The van der Waals surface area contributed by atoms with Gasteiger partial charge < -0.3 is 14.7 Å². The Morgan fingerprint density at radius 3 is 2.84 bits per heavy atom. The minimum atomic E-state index is -0.946. The molecule has 132 valence electrons. The highest BCUT2D eigenvalue weighted by Crippen LogP contribution is 2.16. The SMILES string of the molecule is C[C@H](C(=O)N1CCO[C@H](CC(=O)O)C1)n1nnc(-c2ccccc2)n1. The van der Waals surface area contributed by atoms with Crippen molar-refractivity contribution in [1.82, 2.24) is 25.1 Å². The van der Waals surface area contributed by atoms with Crippen LogP contribution in [0.5, 0.6) is 0 Å². The van der Waals surface area contributed by atoms with Gasteiger partial charge in [-0.1, -0.05) is 30.3 Å². The zero-order valence-electron chi connectivity index (χ0n) is 13.8. The molecule has 9 heteroatoms. The van der Waals surface area contributed by atoms with Crippen molar-refractivity contribution in [2.45, 2.75) is 25.5 Å². The third-order valence-corrected chi connectivity index (χ3v) is 4.02. The number of carboxylic acid groups (broad SMARTS) is 1. The highest BCUT2D eigenvalue weighted by atomic mass is 16.5. The molecule has 1 amide bonds. The molecule has 0 saturated carbocycles. The molecule has 0 unspecified atom stereocenters. The normalized spacial score (nSPS) is 18.8. The minimum absolute atomic E-state index is 0.127. The molecule has 1 aromatic carbocycles. The van der Waals surface area contributed by atoms with E-state index in [1.165, 1.54) is 4.80 Å². The zero-order valence-corrected chi connectivity index (χ0v) is 13.8. The van der Waals surface area contributed by atoms with Crippen molar-refractivity contribution in [2.75, 3.05) is 19.7 Å². The summed E-state index contributed by atoms with van der Waals surface area (Å²) in [6.07, 6.45) is -0.622. The lowest BCUT2D eigenvalue weighted by Gasteiger charge is -2.33. The van der Waals surface area contributed by atoms with Gasteiger partial charge in [-0.05, 0) is 12.1 Å². The van der Waals surface area contributed by atoms with Crippen LogP contribution in [-0.4, -0.2) is 67.9 Å². The number of hydrogen-bond donors (Lipinski definition) is 1. The number of tetrazole rings is 1. The van der Waals surface area contributed by atoms with Gasteiger partial charge in [0.2, 0.25) is 11.7 Å². The van der Waals surface area contributed by atoms with Crippen LogP contribution in [-0.2, 0) is 14.3 Å². The van der Waals surface area contributed by atoms with Crippen LogP contribution >= 0.6 is 0 Å². The quantitative estimate of drug-likeness (QED) is 0.845. The van der Waals surface area contributed by atoms with Crippen LogP contribution in [0, 0.1) is 0 Å². The number of carbonyl (C=O) groups excluding carboxylic acids is 1. The number of aliphatic carboxylic acids is 1. The van der Waals surface area contributed by atoms with Crippen LogP contribution in [0.3, 0.4) is 0 Å². The Labute approximate surface area is 144 Å². The summed E-state index contributed by atoms with van der Waals surface area (Å²) in [5, 5.41) is 21.1. The maximum atomic E-state index is 12.7. The Morgan fingerprint density at radius 2 is 2.12 bits per heavy atom. The molecule has 3 rings (SSSR count). The fourth-order valence-corrected chi connectivity index (χ4v) is 2.69. The number of carbonyl (C=O) groups is 2. The topological polar surface area (TPSA) is 110 Å².